The SMILES string of the molecule is Cl.O=C(NC1CN2CCC1CC2)c1cccc2oc(CC3CC3)nc12. The lowest BCUT2D eigenvalue weighted by atomic mass is 9.84. The van der Waals surface area contributed by atoms with E-state index >= 15 is 0 Å². The van der Waals surface area contributed by atoms with Gasteiger partial charge in [0.05, 0.1) is 5.56 Å². The molecular formula is C19H24ClN3O2. The molecule has 1 N–H and O–H groups in total. The van der Waals surface area contributed by atoms with Crippen LogP contribution in [0.25, 0.3) is 11.1 Å². The molecule has 4 heterocycles. The Kier molecular flexibility index (Phi) is 4.46. The van der Waals surface area contributed by atoms with E-state index in [4.69, 9.17) is 4.42 Å². The molecule has 4 fully saturated rings. The van der Waals surface area contributed by atoms with Crippen LogP contribution in [0.1, 0.15) is 41.9 Å². The largest absolute Gasteiger partial charge is 0.441 e. The molecule has 3 aliphatic heterocycles. The number of hydrogen-bond donors (Lipinski definition) is 1. The van der Waals surface area contributed by atoms with Crippen molar-refractivity contribution in [1.29, 1.82) is 0 Å². The summed E-state index contributed by atoms with van der Waals surface area (Å²) in [4.78, 5) is 19.9. The van der Waals surface area contributed by atoms with Crippen LogP contribution in [-0.2, 0) is 6.42 Å². The van der Waals surface area contributed by atoms with Gasteiger partial charge in [-0.1, -0.05) is 6.07 Å². The van der Waals surface area contributed by atoms with Crippen molar-refractivity contribution in [1.82, 2.24) is 15.2 Å². The lowest BCUT2D eigenvalue weighted by Crippen LogP contribution is -2.57. The number of benzene rings is 1. The van der Waals surface area contributed by atoms with Gasteiger partial charge in [0.1, 0.15) is 5.52 Å². The van der Waals surface area contributed by atoms with Crippen molar-refractivity contribution in [3.05, 3.63) is 29.7 Å². The number of nitrogens with one attached hydrogen (secondary N) is 1. The first-order valence-electron chi connectivity index (χ1n) is 9.18. The topological polar surface area (TPSA) is 58.4 Å². The Morgan fingerprint density at radius 2 is 2.04 bits per heavy atom. The first-order chi connectivity index (χ1) is 11.8. The molecule has 4 aliphatic rings. The van der Waals surface area contributed by atoms with Crippen LogP contribution >= 0.6 is 12.4 Å². The molecule has 1 aliphatic carbocycles. The summed E-state index contributed by atoms with van der Waals surface area (Å²) < 4.78 is 5.85. The van der Waals surface area contributed by atoms with Crippen LogP contribution < -0.4 is 5.32 Å². The number of para-hydroxylation sites is 1. The quantitative estimate of drug-likeness (QED) is 0.909. The number of carbonyl (C=O) groups is 1. The van der Waals surface area contributed by atoms with E-state index in [9.17, 15) is 4.79 Å². The Morgan fingerprint density at radius 3 is 2.72 bits per heavy atom. The standard InChI is InChI=1S/C19H23N3O2.ClH/c23-19(20-15-11-22-8-6-13(15)7-9-22)14-2-1-3-16-18(14)21-17(24-16)10-12-4-5-12;/h1-3,12-13,15H,4-11H2,(H,20,23);1H. The highest BCUT2D eigenvalue weighted by atomic mass is 35.5. The zero-order valence-electron chi connectivity index (χ0n) is 14.2. The van der Waals surface area contributed by atoms with Crippen LogP contribution in [0.5, 0.6) is 0 Å². The van der Waals surface area contributed by atoms with Crippen LogP contribution in [0, 0.1) is 11.8 Å². The second kappa shape index (κ2) is 6.61. The Morgan fingerprint density at radius 1 is 1.24 bits per heavy atom. The maximum absolute atomic E-state index is 12.8. The molecular weight excluding hydrogens is 338 g/mol. The van der Waals surface area contributed by atoms with E-state index in [2.05, 4.69) is 15.2 Å². The summed E-state index contributed by atoms with van der Waals surface area (Å²) in [6.07, 6.45) is 5.84. The van der Waals surface area contributed by atoms with Gasteiger partial charge in [0.15, 0.2) is 11.5 Å². The summed E-state index contributed by atoms with van der Waals surface area (Å²) in [5.41, 5.74) is 2.09. The molecule has 0 spiro atoms. The normalized spacial score (nSPS) is 27.9. The molecule has 1 atom stereocenters. The molecule has 134 valence electrons. The number of hydrogen-bond acceptors (Lipinski definition) is 4. The van der Waals surface area contributed by atoms with Gasteiger partial charge in [-0.05, 0) is 62.7 Å². The fraction of sp³-hybridized carbons (Fsp3) is 0.579. The van der Waals surface area contributed by atoms with Crippen LogP contribution in [0.2, 0.25) is 0 Å². The fourth-order valence-electron chi connectivity index (χ4n) is 4.21. The molecule has 6 rings (SSSR count). The fourth-order valence-corrected chi connectivity index (χ4v) is 4.21. The maximum atomic E-state index is 12.8. The van der Waals surface area contributed by atoms with Crippen LogP contribution in [0.3, 0.4) is 0 Å². The third-order valence-corrected chi connectivity index (χ3v) is 5.84. The molecule has 6 heteroatoms. The van der Waals surface area contributed by atoms with Crippen LogP contribution in [0.15, 0.2) is 22.6 Å². The molecule has 1 unspecified atom stereocenters. The van der Waals surface area contributed by atoms with Gasteiger partial charge in [-0.25, -0.2) is 4.98 Å². The molecule has 25 heavy (non-hydrogen) atoms. The Hall–Kier alpha value is -1.59. The van der Waals surface area contributed by atoms with Crippen LogP contribution in [0.4, 0.5) is 0 Å². The van der Waals surface area contributed by atoms with E-state index in [-0.39, 0.29) is 24.4 Å². The third-order valence-electron chi connectivity index (χ3n) is 5.84. The molecule has 1 aromatic carbocycles. The van der Waals surface area contributed by atoms with E-state index in [0.717, 1.165) is 30.4 Å². The van der Waals surface area contributed by atoms with Crippen molar-refractivity contribution in [2.45, 2.75) is 38.1 Å². The molecule has 2 aromatic rings. The molecule has 1 saturated carbocycles. The highest BCUT2D eigenvalue weighted by Crippen LogP contribution is 2.33. The van der Waals surface area contributed by atoms with E-state index in [1.54, 1.807) is 0 Å². The number of piperidine rings is 3. The molecule has 2 bridgehead atoms. The van der Waals surface area contributed by atoms with Gasteiger partial charge in [0, 0.05) is 19.0 Å². The number of halogens is 1. The summed E-state index contributed by atoms with van der Waals surface area (Å²) in [6.45, 7) is 3.35. The highest BCUT2D eigenvalue weighted by molar-refractivity contribution is 6.04. The first kappa shape index (κ1) is 16.9. The van der Waals surface area contributed by atoms with E-state index in [1.165, 1.54) is 38.8 Å². The van der Waals surface area contributed by atoms with Gasteiger partial charge in [0.2, 0.25) is 0 Å². The van der Waals surface area contributed by atoms with Crippen molar-refractivity contribution in [3.8, 4) is 0 Å². The average Bonchev–Trinajstić information content (AvgIpc) is 3.31. The minimum atomic E-state index is -0.00868. The van der Waals surface area contributed by atoms with Crippen molar-refractivity contribution < 1.29 is 9.21 Å². The lowest BCUT2D eigenvalue weighted by Gasteiger charge is -2.44. The molecule has 1 aromatic heterocycles. The third kappa shape index (κ3) is 3.27. The summed E-state index contributed by atoms with van der Waals surface area (Å²) in [6, 6.07) is 5.93. The number of carbonyl (C=O) groups excluding carboxylic acids is 1. The van der Waals surface area contributed by atoms with Gasteiger partial charge in [-0.3, -0.25) is 4.79 Å². The minimum Gasteiger partial charge on any atom is -0.441 e. The number of fused-ring (bicyclic) bond motifs is 4. The Labute approximate surface area is 153 Å². The zero-order valence-corrected chi connectivity index (χ0v) is 15.1. The van der Waals surface area contributed by atoms with E-state index in [1.807, 2.05) is 18.2 Å². The second-order valence-corrected chi connectivity index (χ2v) is 7.63. The molecule has 0 radical (unpaired) electrons. The van der Waals surface area contributed by atoms with Crippen molar-refractivity contribution in [2.24, 2.45) is 11.8 Å². The summed E-state index contributed by atoms with van der Waals surface area (Å²) in [7, 11) is 0. The van der Waals surface area contributed by atoms with Crippen molar-refractivity contribution in [3.63, 3.8) is 0 Å². The zero-order chi connectivity index (χ0) is 16.1. The second-order valence-electron chi connectivity index (χ2n) is 7.63. The number of aromatic nitrogens is 1. The maximum Gasteiger partial charge on any atom is 0.253 e. The molecule has 1 amide bonds. The molecule has 3 saturated heterocycles. The van der Waals surface area contributed by atoms with E-state index in [0.29, 0.717) is 17.0 Å². The number of rotatable bonds is 4. The minimum absolute atomic E-state index is 0. The highest BCUT2D eigenvalue weighted by Gasteiger charge is 2.35. The monoisotopic (exact) mass is 361 g/mol. The van der Waals surface area contributed by atoms with Gasteiger partial charge in [-0.15, -0.1) is 12.4 Å². The van der Waals surface area contributed by atoms with Gasteiger partial charge in [-0.2, -0.15) is 0 Å². The summed E-state index contributed by atoms with van der Waals surface area (Å²) >= 11 is 0. The van der Waals surface area contributed by atoms with Gasteiger partial charge < -0.3 is 14.6 Å². The average molecular weight is 362 g/mol. The van der Waals surface area contributed by atoms with Gasteiger partial charge >= 0.3 is 0 Å². The van der Waals surface area contributed by atoms with E-state index < -0.39 is 0 Å². The van der Waals surface area contributed by atoms with Gasteiger partial charge in [0.25, 0.3) is 5.91 Å². The first-order valence-corrected chi connectivity index (χ1v) is 9.18. The Balaban J connectivity index is 0.00000157. The predicted molar refractivity (Wildman–Crippen MR) is 98.1 cm³/mol. The van der Waals surface area contributed by atoms with Crippen LogP contribution in [-0.4, -0.2) is 41.5 Å². The molecule has 5 nitrogen and oxygen atoms in total. The number of amides is 1. The summed E-state index contributed by atoms with van der Waals surface area (Å²) in [5.74, 6) is 2.12. The van der Waals surface area contributed by atoms with Crippen molar-refractivity contribution in [2.75, 3.05) is 19.6 Å². The van der Waals surface area contributed by atoms with Crippen molar-refractivity contribution >= 4 is 29.4 Å². The predicted octanol–water partition coefficient (Wildman–Crippen LogP) is 3.03. The lowest BCUT2D eigenvalue weighted by molar-refractivity contribution is 0.0621. The summed E-state index contributed by atoms with van der Waals surface area (Å²) in [5, 5.41) is 3.26. The Bertz CT molecular complexity index is 778. The number of oxazole rings is 1. The smallest absolute Gasteiger partial charge is 0.253 e. The number of nitrogens with zero attached hydrogens (tertiary/aromatic N) is 2.